The fraction of sp³-hybridized carbons (Fsp3) is 0.0385. The number of hydrogen-bond donors (Lipinski definition) is 7. The molecule has 0 bridgehead atoms. The average Bonchev–Trinajstić information content (AvgIpc) is 3.02. The minimum atomic E-state index is -5.36. The van der Waals surface area contributed by atoms with Gasteiger partial charge >= 0.3 is 0 Å². The van der Waals surface area contributed by atoms with Crippen molar-refractivity contribution < 1.29 is 79.2 Å². The Kier molecular flexibility index (Phi) is 12.2. The fourth-order valence-corrected chi connectivity index (χ4v) is 7.55. The van der Waals surface area contributed by atoms with Crippen molar-refractivity contribution in [2.45, 2.75) is 26.5 Å². The molecule has 0 unspecified atom stereocenters. The van der Waals surface area contributed by atoms with Gasteiger partial charge in [0.05, 0.1) is 16.3 Å². The van der Waals surface area contributed by atoms with Crippen LogP contribution < -0.4 is 5.32 Å². The van der Waals surface area contributed by atoms with Crippen LogP contribution in [0.25, 0.3) is 10.8 Å². The van der Waals surface area contributed by atoms with Crippen molar-refractivity contribution in [1.82, 2.24) is 15.0 Å². The summed E-state index contributed by atoms with van der Waals surface area (Å²) < 4.78 is 136. The van der Waals surface area contributed by atoms with Crippen LogP contribution in [0.2, 0.25) is 10.6 Å². The molecule has 0 spiro atoms. The number of nitrogens with one attached hydrogen (secondary N) is 1. The predicted molar refractivity (Wildman–Crippen MR) is 186 cm³/mol. The van der Waals surface area contributed by atoms with Gasteiger partial charge in [-0.3, -0.25) is 18.2 Å². The molecule has 0 atom stereocenters. The zero-order valence-corrected chi connectivity index (χ0v) is 32.1. The van der Waals surface area contributed by atoms with Crippen molar-refractivity contribution in [3.8, 4) is 11.5 Å². The molecular weight excluding hydrogens is 911 g/mol. The summed E-state index contributed by atoms with van der Waals surface area (Å²) >= 11 is 11.5. The van der Waals surface area contributed by atoms with Crippen molar-refractivity contribution in [3.63, 3.8) is 0 Å². The smallest absolute Gasteiger partial charge is 0.297 e. The number of halogens is 2. The van der Waals surface area contributed by atoms with Crippen molar-refractivity contribution in [3.05, 3.63) is 64.7 Å². The second-order valence-corrected chi connectivity index (χ2v) is 16.7. The molecule has 7 N–H and O–H groups in total. The molecule has 295 valence electrons. The van der Waals surface area contributed by atoms with Crippen molar-refractivity contribution in [2.75, 3.05) is 5.32 Å². The van der Waals surface area contributed by atoms with Crippen LogP contribution >= 0.6 is 23.2 Å². The Hall–Kier alpha value is -4.51. The third-order valence-electron chi connectivity index (χ3n) is 6.87. The summed E-state index contributed by atoms with van der Waals surface area (Å²) in [5.74, 6) is -2.22. The molecular formula is C26H18Cl2CuN8O14S4. The number of azo groups is 2. The molecule has 4 aromatic carbocycles. The Morgan fingerprint density at radius 2 is 1.20 bits per heavy atom. The molecule has 0 saturated heterocycles. The molecule has 1 aromatic heterocycles. The van der Waals surface area contributed by atoms with E-state index < -0.39 is 122 Å². The monoisotopic (exact) mass is 927 g/mol. The molecule has 0 aliphatic carbocycles. The van der Waals surface area contributed by atoms with Gasteiger partial charge < -0.3 is 15.5 Å². The molecule has 1 radical (unpaired) electrons. The zero-order valence-electron chi connectivity index (χ0n) is 26.4. The molecule has 22 nitrogen and oxygen atoms in total. The van der Waals surface area contributed by atoms with E-state index in [1.54, 1.807) is 0 Å². The quantitative estimate of drug-likeness (QED) is 0.0508. The summed E-state index contributed by atoms with van der Waals surface area (Å²) in [6.07, 6.45) is 0. The van der Waals surface area contributed by atoms with Crippen LogP contribution in [0.5, 0.6) is 11.5 Å². The predicted octanol–water partition coefficient (Wildman–Crippen LogP) is 5.61. The first-order chi connectivity index (χ1) is 24.8. The number of aromatic hydroxyl groups is 2. The van der Waals surface area contributed by atoms with Crippen LogP contribution in [0, 0.1) is 6.92 Å². The number of rotatable bonds is 10. The number of fused-ring (bicyclic) bond motifs is 1. The summed E-state index contributed by atoms with van der Waals surface area (Å²) in [4.78, 5) is 7.03. The first-order valence-corrected chi connectivity index (χ1v) is 20.2. The zero-order chi connectivity index (χ0) is 40.1. The van der Waals surface area contributed by atoms with E-state index in [0.717, 1.165) is 24.3 Å². The van der Waals surface area contributed by atoms with E-state index in [1.165, 1.54) is 6.92 Å². The molecule has 0 aliphatic heterocycles. The maximum Gasteiger partial charge on any atom is 0.297 e. The summed E-state index contributed by atoms with van der Waals surface area (Å²) in [5, 5.41) is 37.0. The van der Waals surface area contributed by atoms with Crippen LogP contribution in [0.15, 0.2) is 88.6 Å². The Morgan fingerprint density at radius 3 is 1.76 bits per heavy atom. The van der Waals surface area contributed by atoms with Gasteiger partial charge in [0.2, 0.25) is 16.5 Å². The van der Waals surface area contributed by atoms with Gasteiger partial charge in [0.25, 0.3) is 40.5 Å². The van der Waals surface area contributed by atoms with Gasteiger partial charge in [-0.1, -0.05) is 0 Å². The number of anilines is 2. The van der Waals surface area contributed by atoms with E-state index in [-0.39, 0.29) is 28.3 Å². The van der Waals surface area contributed by atoms with Gasteiger partial charge in [0.15, 0.2) is 5.75 Å². The summed E-state index contributed by atoms with van der Waals surface area (Å²) in [5.41, 5.74) is -2.66. The molecule has 55 heavy (non-hydrogen) atoms. The first kappa shape index (κ1) is 43.2. The number of phenolic OH excluding ortho intramolecular Hbond substituents is 2. The summed E-state index contributed by atoms with van der Waals surface area (Å²) in [6, 6.07) is 6.52. The maximum atomic E-state index is 12.6. The Labute approximate surface area is 329 Å². The third-order valence-corrected chi connectivity index (χ3v) is 10.8. The SMILES string of the molecule is Cc1cc(N=Nc2c(S(=O)(=O)O)cc3c(S(=O)(=O)O)c(Nc4nc(Cl)nc(Cl)n4)ccc3c2O)c(O)cc1N=Nc1cc(S(=O)(=O)O)ccc1S(=O)(=O)O.[Cu]. The first-order valence-electron chi connectivity index (χ1n) is 13.7. The number of nitrogens with zero attached hydrogens (tertiary/aromatic N) is 7. The number of phenols is 2. The van der Waals surface area contributed by atoms with Crippen LogP contribution in [0.3, 0.4) is 0 Å². The number of benzene rings is 4. The van der Waals surface area contributed by atoms with E-state index >= 15 is 0 Å². The maximum absolute atomic E-state index is 12.6. The minimum absolute atomic E-state index is 0. The topological polar surface area (TPSA) is 358 Å². The van der Waals surface area contributed by atoms with Crippen molar-refractivity contribution in [1.29, 1.82) is 0 Å². The van der Waals surface area contributed by atoms with E-state index in [9.17, 15) is 62.1 Å². The molecule has 1 heterocycles. The molecule has 5 aromatic rings. The van der Waals surface area contributed by atoms with Gasteiger partial charge in [-0.2, -0.15) is 53.7 Å². The number of aromatic nitrogens is 3. The molecule has 29 heteroatoms. The summed E-state index contributed by atoms with van der Waals surface area (Å²) in [7, 11) is -20.4. The van der Waals surface area contributed by atoms with Crippen LogP contribution in [-0.4, -0.2) is 77.0 Å². The van der Waals surface area contributed by atoms with Gasteiger partial charge in [0.1, 0.15) is 37.5 Å². The Balaban J connectivity index is 0.00000673. The molecule has 0 saturated carbocycles. The average molecular weight is 929 g/mol. The normalized spacial score (nSPS) is 12.7. The molecule has 5 rings (SSSR count). The minimum Gasteiger partial charge on any atom is -0.506 e. The van der Waals surface area contributed by atoms with Crippen molar-refractivity contribution >= 4 is 109 Å². The second kappa shape index (κ2) is 15.6. The van der Waals surface area contributed by atoms with Gasteiger partial charge in [-0.25, -0.2) is 0 Å². The largest absolute Gasteiger partial charge is 0.506 e. The third kappa shape index (κ3) is 9.66. The van der Waals surface area contributed by atoms with Crippen molar-refractivity contribution in [2.24, 2.45) is 20.5 Å². The van der Waals surface area contributed by atoms with Gasteiger partial charge in [-0.15, -0.1) is 15.3 Å². The van der Waals surface area contributed by atoms with E-state index in [1.807, 2.05) is 0 Å². The van der Waals surface area contributed by atoms with E-state index in [4.69, 9.17) is 23.2 Å². The van der Waals surface area contributed by atoms with Crippen LogP contribution in [0.4, 0.5) is 34.4 Å². The molecule has 0 amide bonds. The second-order valence-electron chi connectivity index (χ2n) is 10.5. The van der Waals surface area contributed by atoms with Crippen LogP contribution in [0.1, 0.15) is 5.56 Å². The fourth-order valence-electron chi connectivity index (χ4n) is 4.59. The number of aryl methyl sites for hydroxylation is 1. The Bertz CT molecular complexity index is 2920. The Morgan fingerprint density at radius 1 is 0.618 bits per heavy atom. The van der Waals surface area contributed by atoms with Gasteiger partial charge in [-0.05, 0) is 78.2 Å². The molecule has 0 aliphatic rings. The van der Waals surface area contributed by atoms with E-state index in [2.05, 4.69) is 40.7 Å². The summed E-state index contributed by atoms with van der Waals surface area (Å²) in [6.45, 7) is 1.36. The van der Waals surface area contributed by atoms with Crippen LogP contribution in [-0.2, 0) is 57.5 Å². The number of hydrogen-bond acceptors (Lipinski definition) is 18. The van der Waals surface area contributed by atoms with Gasteiger partial charge in [0, 0.05) is 33.9 Å². The molecule has 0 fully saturated rings. The standard InChI is InChI=1S/C26H18Cl2N8O14S4.Cu/c1-10-6-16(18(37)9-15(10)33-35-17-7-11(51(39,40)41)2-5-19(17)52(42,43)44)34-36-21-20(53(45,46)47)8-13-12(22(21)38)3-4-14(23(13)54(48,49)50)29-26-31-24(27)30-25(28)32-26;/h2-9,37-38H,1H3,(H,39,40,41)(H,42,43,44)(H,45,46,47)(H,48,49,50)(H,29,30,31,32);. The van der Waals surface area contributed by atoms with E-state index in [0.29, 0.717) is 24.3 Å².